The molecule has 0 rings (SSSR count). The molecule has 3 heteroatoms. The number of ether oxygens (including phenoxy) is 1. The van der Waals surface area contributed by atoms with Gasteiger partial charge in [0, 0.05) is 13.7 Å². The monoisotopic (exact) mass is 104 g/mol. The lowest BCUT2D eigenvalue weighted by atomic mass is 10.8. The van der Waals surface area contributed by atoms with Crippen LogP contribution in [-0.4, -0.2) is 36.9 Å². The molecule has 0 aromatic heterocycles. The molecule has 0 aliphatic heterocycles. The van der Waals surface area contributed by atoms with Gasteiger partial charge in [-0.25, -0.2) is 0 Å². The Balaban J connectivity index is 2.34. The van der Waals surface area contributed by atoms with Crippen LogP contribution in [0.25, 0.3) is 0 Å². The van der Waals surface area contributed by atoms with Gasteiger partial charge >= 0.3 is 16.6 Å². The first kappa shape index (κ1) is 6.45. The van der Waals surface area contributed by atoms with Crippen molar-refractivity contribution in [1.82, 2.24) is 0 Å². The fourth-order valence-electron chi connectivity index (χ4n) is 0.167. The Kier molecular flexibility index (Phi) is 5.86. The summed E-state index contributed by atoms with van der Waals surface area (Å²) in [6.07, 6.45) is 0. The van der Waals surface area contributed by atoms with E-state index in [-0.39, 0.29) is 0 Å². The highest BCUT2D eigenvalue weighted by molar-refractivity contribution is 5.97. The molecule has 0 aliphatic carbocycles. The Morgan fingerprint density at radius 2 is 2.17 bits per heavy atom. The minimum absolute atomic E-state index is 0.726. The molecular formula is C3H9AlO2. The quantitative estimate of drug-likeness (QED) is 0.344. The fourth-order valence-corrected chi connectivity index (χ4v) is 0.333. The van der Waals surface area contributed by atoms with Crippen LogP contribution >= 0.6 is 0 Å². The topological polar surface area (TPSA) is 18.5 Å². The molecule has 0 aromatic carbocycles. The Labute approximate surface area is 46.2 Å². The number of rotatable bonds is 3. The Morgan fingerprint density at radius 3 is 2.33 bits per heavy atom. The standard InChI is InChI=1S/C3H7O2.Al.2H/c1-5-3-2-4;;;/h2-3H2,1H3;;;/q-1;+1;;. The number of hydrogen-bond acceptors (Lipinski definition) is 2. The maximum atomic E-state index is 4.80. The second-order valence-electron chi connectivity index (χ2n) is 0.986. The van der Waals surface area contributed by atoms with E-state index in [1.165, 1.54) is 0 Å². The van der Waals surface area contributed by atoms with Crippen LogP contribution in [0, 0.1) is 0 Å². The Hall–Kier alpha value is 0.452. The first-order chi connectivity index (χ1) is 2.91. The highest BCUT2D eigenvalue weighted by Gasteiger charge is 1.73. The molecule has 0 aliphatic rings. The molecule has 0 saturated heterocycles. The van der Waals surface area contributed by atoms with Crippen LogP contribution in [0.1, 0.15) is 0 Å². The predicted molar refractivity (Wildman–Crippen MR) is 26.4 cm³/mol. The predicted octanol–water partition coefficient (Wildman–Crippen LogP) is -0.802. The normalized spacial score (nSPS) is 8.83. The zero-order valence-corrected chi connectivity index (χ0v) is 6.23. The van der Waals surface area contributed by atoms with E-state index < -0.39 is 0 Å². The summed E-state index contributed by atoms with van der Waals surface area (Å²) < 4.78 is 9.48. The number of hydrogen-bond donors (Lipinski definition) is 0. The third kappa shape index (κ3) is 4.45. The Morgan fingerprint density at radius 1 is 1.50 bits per heavy atom. The van der Waals surface area contributed by atoms with Gasteiger partial charge in [-0.1, -0.05) is 0 Å². The van der Waals surface area contributed by atoms with Gasteiger partial charge in [0.05, 0.1) is 6.61 Å². The van der Waals surface area contributed by atoms with Gasteiger partial charge in [0.25, 0.3) is 0 Å². The van der Waals surface area contributed by atoms with Gasteiger partial charge < -0.3 is 8.53 Å². The minimum Gasteiger partial charge on any atom is -0.504 e. The molecule has 0 atom stereocenters. The first-order valence-electron chi connectivity index (χ1n) is 1.89. The fraction of sp³-hybridized carbons (Fsp3) is 1.00. The highest BCUT2D eigenvalue weighted by Crippen LogP contribution is 1.64. The molecular weight excluding hydrogens is 95.0 g/mol. The van der Waals surface area contributed by atoms with Crippen molar-refractivity contribution in [3.05, 3.63) is 0 Å². The van der Waals surface area contributed by atoms with Gasteiger partial charge in [-0.15, -0.1) is 0 Å². The van der Waals surface area contributed by atoms with Crippen LogP contribution < -0.4 is 0 Å². The summed E-state index contributed by atoms with van der Waals surface area (Å²) in [5.41, 5.74) is 0. The lowest BCUT2D eigenvalue weighted by Gasteiger charge is -1.93. The molecule has 0 heterocycles. The Bertz CT molecular complexity index is 20.8. The molecule has 0 spiro atoms. The summed E-state index contributed by atoms with van der Waals surface area (Å²) >= 11 is 0.823. The second kappa shape index (κ2) is 5.45. The van der Waals surface area contributed by atoms with E-state index in [9.17, 15) is 0 Å². The number of methoxy groups -OCH3 is 1. The van der Waals surface area contributed by atoms with Crippen LogP contribution in [0.4, 0.5) is 0 Å². The van der Waals surface area contributed by atoms with Crippen molar-refractivity contribution in [3.8, 4) is 0 Å². The SMILES string of the molecule is COCC[O][AlH2]. The summed E-state index contributed by atoms with van der Waals surface area (Å²) in [6.45, 7) is 1.48. The highest BCUT2D eigenvalue weighted by atomic mass is 27.1. The largest absolute Gasteiger partial charge is 0.504 e. The van der Waals surface area contributed by atoms with Crippen LogP contribution in [0.3, 0.4) is 0 Å². The molecule has 0 saturated carbocycles. The molecule has 0 N–H and O–H groups in total. The van der Waals surface area contributed by atoms with Crippen molar-refractivity contribution < 1.29 is 8.53 Å². The molecule has 0 bridgehead atoms. The van der Waals surface area contributed by atoms with Gasteiger partial charge in [-0.05, 0) is 0 Å². The van der Waals surface area contributed by atoms with Crippen LogP contribution in [-0.2, 0) is 8.53 Å². The van der Waals surface area contributed by atoms with Crippen LogP contribution in [0.15, 0.2) is 0 Å². The summed E-state index contributed by atoms with van der Waals surface area (Å²) in [5.74, 6) is 0. The van der Waals surface area contributed by atoms with Crippen molar-refractivity contribution in [2.45, 2.75) is 0 Å². The third-order valence-electron chi connectivity index (χ3n) is 0.492. The van der Waals surface area contributed by atoms with E-state index in [4.69, 9.17) is 3.79 Å². The minimum atomic E-state index is 0.726. The summed E-state index contributed by atoms with van der Waals surface area (Å²) in [5, 5.41) is 0. The van der Waals surface area contributed by atoms with E-state index in [0.29, 0.717) is 0 Å². The van der Waals surface area contributed by atoms with Gasteiger partial charge in [-0.2, -0.15) is 0 Å². The van der Waals surface area contributed by atoms with Crippen molar-refractivity contribution >= 4 is 16.6 Å². The summed E-state index contributed by atoms with van der Waals surface area (Å²) in [6, 6.07) is 0. The molecule has 6 heavy (non-hydrogen) atoms. The van der Waals surface area contributed by atoms with Gasteiger partial charge in [0.1, 0.15) is 0 Å². The van der Waals surface area contributed by atoms with Crippen molar-refractivity contribution in [1.29, 1.82) is 0 Å². The van der Waals surface area contributed by atoms with Crippen LogP contribution in [0.5, 0.6) is 0 Å². The zero-order valence-electron chi connectivity index (χ0n) is 4.23. The van der Waals surface area contributed by atoms with E-state index in [0.717, 1.165) is 29.8 Å². The lowest BCUT2D eigenvalue weighted by Crippen LogP contribution is -1.97. The van der Waals surface area contributed by atoms with E-state index >= 15 is 0 Å². The molecule has 0 unspecified atom stereocenters. The molecule has 2 nitrogen and oxygen atoms in total. The maximum Gasteiger partial charge on any atom is 0.410 e. The maximum absolute atomic E-state index is 4.80. The van der Waals surface area contributed by atoms with E-state index in [1.54, 1.807) is 7.11 Å². The summed E-state index contributed by atoms with van der Waals surface area (Å²) in [7, 11) is 1.67. The molecule has 0 fully saturated rings. The average molecular weight is 104 g/mol. The van der Waals surface area contributed by atoms with E-state index in [2.05, 4.69) is 4.74 Å². The molecule has 36 valence electrons. The van der Waals surface area contributed by atoms with Crippen molar-refractivity contribution in [2.75, 3.05) is 20.3 Å². The average Bonchev–Trinajstić information content (AvgIpc) is 1.61. The van der Waals surface area contributed by atoms with Crippen molar-refractivity contribution in [3.63, 3.8) is 0 Å². The third-order valence-corrected chi connectivity index (χ3v) is 0.900. The molecule has 0 radical (unpaired) electrons. The van der Waals surface area contributed by atoms with Gasteiger partial charge in [0.15, 0.2) is 0 Å². The zero-order chi connectivity index (χ0) is 4.83. The van der Waals surface area contributed by atoms with E-state index in [1.807, 2.05) is 0 Å². The van der Waals surface area contributed by atoms with Gasteiger partial charge in [0.2, 0.25) is 0 Å². The first-order valence-corrected chi connectivity index (χ1v) is 2.71. The molecule has 0 aromatic rings. The lowest BCUT2D eigenvalue weighted by molar-refractivity contribution is 0.152. The molecule has 0 amide bonds. The smallest absolute Gasteiger partial charge is 0.410 e. The second-order valence-corrected chi connectivity index (χ2v) is 1.56. The van der Waals surface area contributed by atoms with Crippen molar-refractivity contribution in [2.24, 2.45) is 0 Å². The summed E-state index contributed by atoms with van der Waals surface area (Å²) in [4.78, 5) is 0. The van der Waals surface area contributed by atoms with Gasteiger partial charge in [-0.3, -0.25) is 0 Å². The van der Waals surface area contributed by atoms with Crippen LogP contribution in [0.2, 0.25) is 0 Å².